The molecule has 2 aromatic rings. The minimum absolute atomic E-state index is 0.0747. The summed E-state index contributed by atoms with van der Waals surface area (Å²) < 4.78 is -1.47. The van der Waals surface area contributed by atoms with Gasteiger partial charge in [-0.3, -0.25) is 0 Å². The van der Waals surface area contributed by atoms with E-state index in [9.17, 15) is 9.59 Å². The predicted molar refractivity (Wildman–Crippen MR) is 78.3 cm³/mol. The van der Waals surface area contributed by atoms with Crippen molar-refractivity contribution in [3.8, 4) is 11.1 Å². The lowest BCUT2D eigenvalue weighted by Crippen LogP contribution is -2.10. The number of hydrogen-bond donors (Lipinski definition) is 2. The number of carboxylic acid groups (broad SMARTS) is 2. The zero-order chi connectivity index (χ0) is 15.4. The van der Waals surface area contributed by atoms with Crippen molar-refractivity contribution in [3.63, 3.8) is 0 Å². The van der Waals surface area contributed by atoms with Crippen LogP contribution in [0.5, 0.6) is 0 Å². The quantitative estimate of drug-likeness (QED) is 0.826. The van der Waals surface area contributed by atoms with E-state index < -0.39 is 16.3 Å². The highest BCUT2D eigenvalue weighted by molar-refractivity contribution is 6.51. The first-order valence-electron chi connectivity index (χ1n) is 5.96. The van der Waals surface area contributed by atoms with Crippen molar-refractivity contribution in [3.05, 3.63) is 58.7 Å². The van der Waals surface area contributed by atoms with Crippen LogP contribution in [0.25, 0.3) is 11.1 Å². The Labute approximate surface area is 129 Å². The summed E-state index contributed by atoms with van der Waals surface area (Å²) in [5, 5.41) is 18.1. The molecule has 0 atom stereocenters. The molecule has 0 heterocycles. The molecule has 0 amide bonds. The average Bonchev–Trinajstić information content (AvgIpc) is 2.67. The molecule has 0 spiro atoms. The molecule has 0 bridgehead atoms. The van der Waals surface area contributed by atoms with E-state index in [0.29, 0.717) is 22.3 Å². The highest BCUT2D eigenvalue weighted by atomic mass is 35.5. The molecule has 0 aliphatic heterocycles. The van der Waals surface area contributed by atoms with E-state index in [1.54, 1.807) is 12.1 Å². The van der Waals surface area contributed by atoms with Gasteiger partial charge in [-0.1, -0.05) is 35.3 Å². The van der Waals surface area contributed by atoms with Crippen molar-refractivity contribution >= 4 is 35.1 Å². The van der Waals surface area contributed by atoms with Crippen LogP contribution in [0, 0.1) is 0 Å². The number of alkyl halides is 2. The van der Waals surface area contributed by atoms with Crippen molar-refractivity contribution in [1.82, 2.24) is 0 Å². The Morgan fingerprint density at radius 1 is 0.810 bits per heavy atom. The first kappa shape index (κ1) is 13.9. The van der Waals surface area contributed by atoms with Crippen LogP contribution in [0.1, 0.15) is 31.8 Å². The molecule has 2 aromatic carbocycles. The summed E-state index contributed by atoms with van der Waals surface area (Å²) in [7, 11) is 0. The van der Waals surface area contributed by atoms with Crippen molar-refractivity contribution in [2.24, 2.45) is 0 Å². The number of fused-ring (bicyclic) bond motifs is 3. The van der Waals surface area contributed by atoms with E-state index in [1.165, 1.54) is 24.3 Å². The lowest BCUT2D eigenvalue weighted by Gasteiger charge is -2.16. The number of aromatic carboxylic acids is 2. The molecule has 1 aliphatic carbocycles. The SMILES string of the molecule is O=C(O)c1ccc2c(c1)C(Cl)(Cl)c1cc(C(=O)O)ccc1-2. The summed E-state index contributed by atoms with van der Waals surface area (Å²) in [6, 6.07) is 9.02. The molecule has 4 nitrogen and oxygen atoms in total. The molecule has 0 saturated carbocycles. The summed E-state index contributed by atoms with van der Waals surface area (Å²) in [5.74, 6) is -2.16. The lowest BCUT2D eigenvalue weighted by atomic mass is 10.0. The van der Waals surface area contributed by atoms with Crippen LogP contribution in [0.15, 0.2) is 36.4 Å². The van der Waals surface area contributed by atoms with Crippen LogP contribution in [0.3, 0.4) is 0 Å². The van der Waals surface area contributed by atoms with Crippen LogP contribution in [0.2, 0.25) is 0 Å². The van der Waals surface area contributed by atoms with Crippen molar-refractivity contribution in [1.29, 1.82) is 0 Å². The molecule has 0 saturated heterocycles. The predicted octanol–water partition coefficient (Wildman–Crippen LogP) is 3.74. The highest BCUT2D eigenvalue weighted by Crippen LogP contribution is 2.54. The minimum atomic E-state index is -1.47. The second-order valence-electron chi connectivity index (χ2n) is 4.71. The molecular weight excluding hydrogens is 315 g/mol. The van der Waals surface area contributed by atoms with Crippen LogP contribution >= 0.6 is 23.2 Å². The maximum atomic E-state index is 11.1. The van der Waals surface area contributed by atoms with E-state index in [4.69, 9.17) is 33.4 Å². The first-order chi connectivity index (χ1) is 9.82. The van der Waals surface area contributed by atoms with Gasteiger partial charge in [-0.15, -0.1) is 0 Å². The summed E-state index contributed by atoms with van der Waals surface area (Å²) >= 11 is 12.7. The molecule has 0 unspecified atom stereocenters. The van der Waals surface area contributed by atoms with E-state index in [-0.39, 0.29) is 11.1 Å². The fourth-order valence-electron chi connectivity index (χ4n) is 2.49. The molecule has 0 fully saturated rings. The molecule has 2 N–H and O–H groups in total. The molecule has 6 heteroatoms. The molecule has 21 heavy (non-hydrogen) atoms. The minimum Gasteiger partial charge on any atom is -0.478 e. The summed E-state index contributed by atoms with van der Waals surface area (Å²) in [5.41, 5.74) is 2.46. The van der Waals surface area contributed by atoms with Crippen LogP contribution < -0.4 is 0 Å². The Morgan fingerprint density at radius 2 is 1.19 bits per heavy atom. The van der Waals surface area contributed by atoms with Gasteiger partial charge in [-0.25, -0.2) is 9.59 Å². The van der Waals surface area contributed by atoms with Gasteiger partial charge >= 0.3 is 11.9 Å². The van der Waals surface area contributed by atoms with Gasteiger partial charge in [0.15, 0.2) is 4.33 Å². The van der Waals surface area contributed by atoms with E-state index in [1.807, 2.05) is 0 Å². The summed E-state index contributed by atoms with van der Waals surface area (Å²) in [6.45, 7) is 0. The van der Waals surface area contributed by atoms with Crippen LogP contribution in [-0.2, 0) is 4.33 Å². The summed E-state index contributed by atoms with van der Waals surface area (Å²) in [4.78, 5) is 22.1. The first-order valence-corrected chi connectivity index (χ1v) is 6.72. The molecular formula is C15H8Cl2O4. The monoisotopic (exact) mass is 322 g/mol. The number of halogens is 2. The number of benzene rings is 2. The standard InChI is InChI=1S/C15H8Cl2O4/c16-15(17)11-5-7(13(18)19)1-3-9(11)10-4-2-8(14(20)21)6-12(10)15/h1-6H,(H,18,19)(H,20,21). The van der Waals surface area contributed by atoms with Crippen molar-refractivity contribution in [2.45, 2.75) is 4.33 Å². The Balaban J connectivity index is 2.26. The van der Waals surface area contributed by atoms with Gasteiger partial charge in [0.1, 0.15) is 0 Å². The average molecular weight is 323 g/mol. The van der Waals surface area contributed by atoms with Crippen LogP contribution in [-0.4, -0.2) is 22.2 Å². The Hall–Kier alpha value is -2.04. The third-order valence-corrected chi connectivity index (χ3v) is 4.31. The van der Waals surface area contributed by atoms with Gasteiger partial charge in [0.05, 0.1) is 11.1 Å². The molecule has 0 radical (unpaired) electrons. The Morgan fingerprint density at radius 3 is 1.52 bits per heavy atom. The highest BCUT2D eigenvalue weighted by Gasteiger charge is 2.41. The lowest BCUT2D eigenvalue weighted by molar-refractivity contribution is 0.0686. The third kappa shape index (κ3) is 1.99. The van der Waals surface area contributed by atoms with Gasteiger partial charge in [0.25, 0.3) is 0 Å². The number of carboxylic acids is 2. The largest absolute Gasteiger partial charge is 0.478 e. The number of rotatable bonds is 2. The molecule has 106 valence electrons. The van der Waals surface area contributed by atoms with E-state index in [2.05, 4.69) is 0 Å². The second-order valence-corrected chi connectivity index (χ2v) is 6.03. The fraction of sp³-hybridized carbons (Fsp3) is 0.0667. The van der Waals surface area contributed by atoms with E-state index >= 15 is 0 Å². The maximum Gasteiger partial charge on any atom is 0.335 e. The topological polar surface area (TPSA) is 74.6 Å². The maximum absolute atomic E-state index is 11.1. The second kappa shape index (κ2) is 4.48. The van der Waals surface area contributed by atoms with Crippen molar-refractivity contribution in [2.75, 3.05) is 0 Å². The van der Waals surface area contributed by atoms with Gasteiger partial charge in [-0.2, -0.15) is 0 Å². The van der Waals surface area contributed by atoms with Crippen molar-refractivity contribution < 1.29 is 19.8 Å². The normalized spacial score (nSPS) is 14.4. The van der Waals surface area contributed by atoms with Gasteiger partial charge in [0, 0.05) is 11.1 Å². The number of carbonyl (C=O) groups is 2. The smallest absolute Gasteiger partial charge is 0.335 e. The summed E-state index contributed by atoms with van der Waals surface area (Å²) in [6.07, 6.45) is 0. The van der Waals surface area contributed by atoms with Gasteiger partial charge in [0.2, 0.25) is 0 Å². The Kier molecular flexibility index (Phi) is 2.97. The molecule has 3 rings (SSSR count). The van der Waals surface area contributed by atoms with Crippen LogP contribution in [0.4, 0.5) is 0 Å². The Bertz CT molecular complexity index is 731. The van der Waals surface area contributed by atoms with Gasteiger partial charge in [-0.05, 0) is 35.4 Å². The molecule has 1 aliphatic rings. The zero-order valence-electron chi connectivity index (χ0n) is 10.4. The van der Waals surface area contributed by atoms with E-state index in [0.717, 1.165) is 0 Å². The number of hydrogen-bond acceptors (Lipinski definition) is 2. The van der Waals surface area contributed by atoms with Gasteiger partial charge < -0.3 is 10.2 Å². The fourth-order valence-corrected chi connectivity index (χ4v) is 3.11. The third-order valence-electron chi connectivity index (χ3n) is 3.50. The molecule has 0 aromatic heterocycles. The zero-order valence-corrected chi connectivity index (χ0v) is 11.9.